The number of fused-ring (bicyclic) bond motifs is 1. The van der Waals surface area contributed by atoms with Crippen LogP contribution < -0.4 is 4.74 Å². The van der Waals surface area contributed by atoms with Crippen LogP contribution in [0.1, 0.15) is 17.4 Å². The van der Waals surface area contributed by atoms with E-state index in [1.165, 1.54) is 0 Å². The summed E-state index contributed by atoms with van der Waals surface area (Å²) >= 11 is 0. The molecule has 1 aliphatic heterocycles. The largest absolute Gasteiger partial charge is 0.497 e. The molecule has 0 saturated heterocycles. The van der Waals surface area contributed by atoms with Gasteiger partial charge in [0.15, 0.2) is 5.69 Å². The molecular formula is C20H17N5O3. The summed E-state index contributed by atoms with van der Waals surface area (Å²) in [5, 5.41) is 12.6. The molecule has 2 aromatic heterocycles. The van der Waals surface area contributed by atoms with Crippen molar-refractivity contribution in [1.82, 2.24) is 25.1 Å². The lowest BCUT2D eigenvalue weighted by Crippen LogP contribution is -2.22. The van der Waals surface area contributed by atoms with Crippen molar-refractivity contribution in [3.05, 3.63) is 65.9 Å². The quantitative estimate of drug-likeness (QED) is 0.541. The SMILES string of the molecule is COc1ccc(C2Cn3nnc(-c4nc(-c5ccccc5)no4)c3CO2)cc1. The van der Waals surface area contributed by atoms with E-state index in [4.69, 9.17) is 14.0 Å². The molecule has 3 heterocycles. The molecule has 1 unspecified atom stereocenters. The third-order valence-corrected chi connectivity index (χ3v) is 4.75. The van der Waals surface area contributed by atoms with Crippen LogP contribution >= 0.6 is 0 Å². The van der Waals surface area contributed by atoms with Gasteiger partial charge in [-0.1, -0.05) is 52.8 Å². The Labute approximate surface area is 160 Å². The molecule has 140 valence electrons. The Morgan fingerprint density at radius 1 is 1.07 bits per heavy atom. The molecule has 4 aromatic rings. The molecule has 1 atom stereocenters. The third-order valence-electron chi connectivity index (χ3n) is 4.75. The molecule has 0 N–H and O–H groups in total. The van der Waals surface area contributed by atoms with Crippen LogP contribution in [-0.4, -0.2) is 32.2 Å². The summed E-state index contributed by atoms with van der Waals surface area (Å²) in [6, 6.07) is 17.5. The van der Waals surface area contributed by atoms with Crippen molar-refractivity contribution in [2.24, 2.45) is 0 Å². The summed E-state index contributed by atoms with van der Waals surface area (Å²) in [7, 11) is 1.65. The van der Waals surface area contributed by atoms with Crippen molar-refractivity contribution < 1.29 is 14.0 Å². The van der Waals surface area contributed by atoms with Gasteiger partial charge in [-0.25, -0.2) is 4.68 Å². The Hall–Kier alpha value is -3.52. The van der Waals surface area contributed by atoms with Gasteiger partial charge in [0.25, 0.3) is 5.89 Å². The van der Waals surface area contributed by atoms with Gasteiger partial charge in [-0.3, -0.25) is 0 Å². The van der Waals surface area contributed by atoms with Crippen molar-refractivity contribution >= 4 is 0 Å². The van der Waals surface area contributed by atoms with Crippen molar-refractivity contribution in [2.45, 2.75) is 19.3 Å². The molecule has 1 aliphatic rings. The van der Waals surface area contributed by atoms with E-state index in [1.54, 1.807) is 7.11 Å². The first kappa shape index (κ1) is 16.6. The highest BCUT2D eigenvalue weighted by atomic mass is 16.5. The first-order valence-electron chi connectivity index (χ1n) is 8.89. The fourth-order valence-corrected chi connectivity index (χ4v) is 3.22. The van der Waals surface area contributed by atoms with Gasteiger partial charge in [-0.05, 0) is 17.7 Å². The number of benzene rings is 2. The number of nitrogens with zero attached hydrogens (tertiary/aromatic N) is 5. The van der Waals surface area contributed by atoms with E-state index >= 15 is 0 Å². The van der Waals surface area contributed by atoms with Gasteiger partial charge in [0, 0.05) is 5.56 Å². The number of methoxy groups -OCH3 is 1. The second-order valence-electron chi connectivity index (χ2n) is 6.43. The van der Waals surface area contributed by atoms with Crippen LogP contribution in [0, 0.1) is 0 Å². The number of hydrogen-bond donors (Lipinski definition) is 0. The Balaban J connectivity index is 1.39. The van der Waals surface area contributed by atoms with E-state index in [0.29, 0.717) is 30.6 Å². The Morgan fingerprint density at radius 2 is 1.89 bits per heavy atom. The van der Waals surface area contributed by atoms with E-state index in [9.17, 15) is 0 Å². The Kier molecular flexibility index (Phi) is 4.10. The molecule has 2 aromatic carbocycles. The zero-order valence-corrected chi connectivity index (χ0v) is 15.1. The topological polar surface area (TPSA) is 88.1 Å². The zero-order chi connectivity index (χ0) is 18.9. The summed E-state index contributed by atoms with van der Waals surface area (Å²) in [5.74, 6) is 1.67. The van der Waals surface area contributed by atoms with Crippen LogP contribution in [-0.2, 0) is 17.9 Å². The maximum Gasteiger partial charge on any atom is 0.280 e. The standard InChI is InChI=1S/C20H17N5O3/c1-26-15-9-7-13(8-10-15)17-11-25-16(12-27-17)18(22-24-25)20-21-19(23-28-20)14-5-3-2-4-6-14/h2-10,17H,11-12H2,1H3. The molecule has 8 nitrogen and oxygen atoms in total. The minimum Gasteiger partial charge on any atom is -0.497 e. The summed E-state index contributed by atoms with van der Waals surface area (Å²) in [6.07, 6.45) is -0.101. The first-order chi connectivity index (χ1) is 13.8. The minimum absolute atomic E-state index is 0.101. The van der Waals surface area contributed by atoms with E-state index in [0.717, 1.165) is 22.6 Å². The van der Waals surface area contributed by atoms with Gasteiger partial charge in [0.05, 0.1) is 26.0 Å². The van der Waals surface area contributed by atoms with Crippen molar-refractivity contribution in [3.63, 3.8) is 0 Å². The molecule has 5 rings (SSSR count). The van der Waals surface area contributed by atoms with Gasteiger partial charge in [0.2, 0.25) is 5.82 Å². The van der Waals surface area contributed by atoms with Gasteiger partial charge in [0.1, 0.15) is 11.9 Å². The molecule has 0 aliphatic carbocycles. The summed E-state index contributed by atoms with van der Waals surface area (Å²) in [6.45, 7) is 0.927. The number of aromatic nitrogens is 5. The van der Waals surface area contributed by atoms with Gasteiger partial charge in [-0.2, -0.15) is 4.98 Å². The highest BCUT2D eigenvalue weighted by Crippen LogP contribution is 2.31. The van der Waals surface area contributed by atoms with Crippen LogP contribution in [0.15, 0.2) is 59.1 Å². The zero-order valence-electron chi connectivity index (χ0n) is 15.1. The first-order valence-corrected chi connectivity index (χ1v) is 8.89. The molecule has 0 radical (unpaired) electrons. The highest BCUT2D eigenvalue weighted by molar-refractivity contribution is 5.58. The third kappa shape index (κ3) is 2.93. The summed E-state index contributed by atoms with van der Waals surface area (Å²) < 4.78 is 18.5. The average molecular weight is 375 g/mol. The summed E-state index contributed by atoms with van der Waals surface area (Å²) in [4.78, 5) is 4.46. The van der Waals surface area contributed by atoms with Crippen LogP contribution in [0.2, 0.25) is 0 Å². The molecule has 0 fully saturated rings. The highest BCUT2D eigenvalue weighted by Gasteiger charge is 2.28. The van der Waals surface area contributed by atoms with E-state index < -0.39 is 0 Å². The molecule has 0 saturated carbocycles. The average Bonchev–Trinajstić information content (AvgIpc) is 3.41. The van der Waals surface area contributed by atoms with Crippen LogP contribution in [0.4, 0.5) is 0 Å². The van der Waals surface area contributed by atoms with Crippen molar-refractivity contribution in [2.75, 3.05) is 7.11 Å². The van der Waals surface area contributed by atoms with Crippen molar-refractivity contribution in [1.29, 1.82) is 0 Å². The van der Waals surface area contributed by atoms with E-state index in [-0.39, 0.29) is 6.10 Å². The number of ether oxygens (including phenoxy) is 2. The predicted octanol–water partition coefficient (Wildman–Crippen LogP) is 3.28. The lowest BCUT2D eigenvalue weighted by atomic mass is 10.1. The smallest absolute Gasteiger partial charge is 0.280 e. The molecule has 8 heteroatoms. The normalized spacial score (nSPS) is 16.0. The number of hydrogen-bond acceptors (Lipinski definition) is 7. The Morgan fingerprint density at radius 3 is 2.68 bits per heavy atom. The summed E-state index contributed by atoms with van der Waals surface area (Å²) in [5.41, 5.74) is 3.33. The van der Waals surface area contributed by atoms with Gasteiger partial charge >= 0.3 is 0 Å². The maximum atomic E-state index is 6.04. The second kappa shape index (κ2) is 6.90. The van der Waals surface area contributed by atoms with Crippen molar-refractivity contribution in [3.8, 4) is 28.7 Å². The Bertz CT molecular complexity index is 1090. The van der Waals surface area contributed by atoms with Crippen LogP contribution in [0.3, 0.4) is 0 Å². The number of rotatable bonds is 4. The lowest BCUT2D eigenvalue weighted by molar-refractivity contribution is -0.00119. The molecule has 0 bridgehead atoms. The monoisotopic (exact) mass is 375 g/mol. The minimum atomic E-state index is -0.101. The van der Waals surface area contributed by atoms with Crippen LogP contribution in [0.5, 0.6) is 5.75 Å². The van der Waals surface area contributed by atoms with Crippen LogP contribution in [0.25, 0.3) is 23.0 Å². The molecule has 0 spiro atoms. The lowest BCUT2D eigenvalue weighted by Gasteiger charge is -2.24. The molecular weight excluding hydrogens is 358 g/mol. The van der Waals surface area contributed by atoms with Gasteiger partial charge < -0.3 is 14.0 Å². The fraction of sp³-hybridized carbons (Fsp3) is 0.200. The molecule has 28 heavy (non-hydrogen) atoms. The fourth-order valence-electron chi connectivity index (χ4n) is 3.22. The molecule has 0 amide bonds. The maximum absolute atomic E-state index is 6.04. The van der Waals surface area contributed by atoms with E-state index in [1.807, 2.05) is 59.3 Å². The van der Waals surface area contributed by atoms with E-state index in [2.05, 4.69) is 20.5 Å². The second-order valence-corrected chi connectivity index (χ2v) is 6.43. The predicted molar refractivity (Wildman–Crippen MR) is 99.3 cm³/mol. The van der Waals surface area contributed by atoms with Gasteiger partial charge in [-0.15, -0.1) is 5.10 Å².